The fraction of sp³-hybridized carbons (Fsp3) is 0.286. The Morgan fingerprint density at radius 3 is 2.85 bits per heavy atom. The van der Waals surface area contributed by atoms with Crippen LogP contribution >= 0.6 is 0 Å². The molecule has 3 rings (SSSR count). The van der Waals surface area contributed by atoms with Crippen LogP contribution in [0.2, 0.25) is 0 Å². The van der Waals surface area contributed by atoms with Crippen molar-refractivity contribution in [1.82, 2.24) is 24.3 Å². The van der Waals surface area contributed by atoms with Gasteiger partial charge in [-0.05, 0) is 18.6 Å². The lowest BCUT2D eigenvalue weighted by Gasteiger charge is -2.18. The van der Waals surface area contributed by atoms with Gasteiger partial charge in [0.05, 0.1) is 35.2 Å². The maximum absolute atomic E-state index is 12.6. The molecule has 0 fully saturated rings. The number of aromatic nitrogens is 5. The van der Waals surface area contributed by atoms with E-state index in [0.29, 0.717) is 10.9 Å². The van der Waals surface area contributed by atoms with E-state index in [0.717, 1.165) is 12.1 Å². The predicted octanol–water partition coefficient (Wildman–Crippen LogP) is 1.52. The molecule has 0 aliphatic rings. The number of pyridine rings is 1. The first kappa shape index (κ1) is 12.5. The highest BCUT2D eigenvalue weighted by molar-refractivity contribution is 5.75. The van der Waals surface area contributed by atoms with Gasteiger partial charge >= 0.3 is 0 Å². The van der Waals surface area contributed by atoms with Crippen molar-refractivity contribution in [3.63, 3.8) is 0 Å². The molecular weight excluding hydrogens is 254 g/mol. The number of nitrogens with zero attached hydrogens (tertiary/aromatic N) is 5. The zero-order valence-corrected chi connectivity index (χ0v) is 11.4. The lowest BCUT2D eigenvalue weighted by molar-refractivity contribution is 0.502. The third-order valence-electron chi connectivity index (χ3n) is 3.51. The maximum atomic E-state index is 12.6. The van der Waals surface area contributed by atoms with Gasteiger partial charge < -0.3 is 0 Å². The van der Waals surface area contributed by atoms with Crippen LogP contribution in [0.25, 0.3) is 10.9 Å². The second-order valence-electron chi connectivity index (χ2n) is 4.65. The molecule has 3 aromatic heterocycles. The highest BCUT2D eigenvalue weighted by Crippen LogP contribution is 2.19. The van der Waals surface area contributed by atoms with Crippen molar-refractivity contribution in [2.24, 2.45) is 7.05 Å². The monoisotopic (exact) mass is 269 g/mol. The van der Waals surface area contributed by atoms with Gasteiger partial charge in [-0.2, -0.15) is 5.10 Å². The number of hydrogen-bond donors (Lipinski definition) is 0. The van der Waals surface area contributed by atoms with Crippen molar-refractivity contribution in [3.8, 4) is 0 Å². The van der Waals surface area contributed by atoms with Crippen LogP contribution in [0.3, 0.4) is 0 Å². The van der Waals surface area contributed by atoms with Crippen LogP contribution in [0.5, 0.6) is 0 Å². The second kappa shape index (κ2) is 4.88. The molecule has 6 heteroatoms. The van der Waals surface area contributed by atoms with E-state index in [1.807, 2.05) is 20.0 Å². The highest BCUT2D eigenvalue weighted by atomic mass is 16.1. The number of hydrogen-bond acceptors (Lipinski definition) is 4. The molecule has 0 N–H and O–H groups in total. The molecular formula is C14H15N5O. The van der Waals surface area contributed by atoms with Gasteiger partial charge in [-0.3, -0.25) is 19.0 Å². The Kier molecular flexibility index (Phi) is 3.06. The van der Waals surface area contributed by atoms with Crippen molar-refractivity contribution < 1.29 is 0 Å². The Bertz CT molecular complexity index is 804. The predicted molar refractivity (Wildman–Crippen MR) is 75.4 cm³/mol. The molecule has 0 spiro atoms. The van der Waals surface area contributed by atoms with Crippen LogP contribution in [-0.4, -0.2) is 24.3 Å². The van der Waals surface area contributed by atoms with Crippen molar-refractivity contribution in [1.29, 1.82) is 0 Å². The van der Waals surface area contributed by atoms with Crippen molar-refractivity contribution >= 4 is 10.9 Å². The van der Waals surface area contributed by atoms with E-state index >= 15 is 0 Å². The molecule has 3 heterocycles. The number of fused-ring (bicyclic) bond motifs is 1. The summed E-state index contributed by atoms with van der Waals surface area (Å²) in [6.45, 7) is 2.04. The number of rotatable bonds is 3. The Labute approximate surface area is 115 Å². The molecule has 0 bridgehead atoms. The molecule has 3 aromatic rings. The summed E-state index contributed by atoms with van der Waals surface area (Å²) >= 11 is 0. The minimum absolute atomic E-state index is 0.0505. The van der Waals surface area contributed by atoms with E-state index in [-0.39, 0.29) is 11.6 Å². The van der Waals surface area contributed by atoms with Gasteiger partial charge in [-0.15, -0.1) is 0 Å². The van der Waals surface area contributed by atoms with Crippen molar-refractivity contribution in [2.75, 3.05) is 0 Å². The molecule has 0 unspecified atom stereocenters. The van der Waals surface area contributed by atoms with Crippen LogP contribution in [-0.2, 0) is 7.05 Å². The Morgan fingerprint density at radius 1 is 1.30 bits per heavy atom. The van der Waals surface area contributed by atoms with Crippen LogP contribution in [0, 0.1) is 0 Å². The third kappa shape index (κ3) is 1.89. The summed E-state index contributed by atoms with van der Waals surface area (Å²) in [5, 5.41) is 4.76. The largest absolute Gasteiger partial charge is 0.290 e. The number of aryl methyl sites for hydroxylation is 1. The van der Waals surface area contributed by atoms with Crippen LogP contribution < -0.4 is 5.56 Å². The van der Waals surface area contributed by atoms with Crippen molar-refractivity contribution in [3.05, 3.63) is 53.1 Å². The molecule has 6 nitrogen and oxygen atoms in total. The molecule has 0 saturated carbocycles. The molecule has 102 valence electrons. The van der Waals surface area contributed by atoms with Gasteiger partial charge in [0.25, 0.3) is 5.56 Å². The minimum Gasteiger partial charge on any atom is -0.290 e. The Morgan fingerprint density at radius 2 is 2.15 bits per heavy atom. The lowest BCUT2D eigenvalue weighted by Crippen LogP contribution is -2.27. The summed E-state index contributed by atoms with van der Waals surface area (Å²) in [6.07, 6.45) is 7.33. The van der Waals surface area contributed by atoms with Gasteiger partial charge in [-0.25, -0.2) is 4.98 Å². The summed E-state index contributed by atoms with van der Waals surface area (Å²) in [5.74, 6) is 0. The zero-order valence-electron chi connectivity index (χ0n) is 11.4. The van der Waals surface area contributed by atoms with E-state index in [9.17, 15) is 4.79 Å². The standard InChI is InChI=1S/C14H15N5O/c1-3-12(13-5-7-17-18(13)2)19-9-16-11-8-15-6-4-10(11)14(19)20/h4-9,12H,3H2,1-2H3/t12-/m0/s1. The first-order valence-electron chi connectivity index (χ1n) is 6.51. The van der Waals surface area contributed by atoms with Gasteiger partial charge in [-0.1, -0.05) is 6.92 Å². The van der Waals surface area contributed by atoms with Gasteiger partial charge in [0.1, 0.15) is 0 Å². The SMILES string of the molecule is CC[C@@H](c1ccnn1C)n1cnc2cnccc2c1=O. The van der Waals surface area contributed by atoms with Gasteiger partial charge in [0.2, 0.25) is 0 Å². The second-order valence-corrected chi connectivity index (χ2v) is 4.65. The molecule has 0 aliphatic heterocycles. The third-order valence-corrected chi connectivity index (χ3v) is 3.51. The first-order valence-corrected chi connectivity index (χ1v) is 6.51. The summed E-state index contributed by atoms with van der Waals surface area (Å²) in [7, 11) is 1.88. The zero-order chi connectivity index (χ0) is 14.1. The van der Waals surface area contributed by atoms with E-state index < -0.39 is 0 Å². The fourth-order valence-corrected chi connectivity index (χ4v) is 2.47. The molecule has 0 aliphatic carbocycles. The first-order chi connectivity index (χ1) is 9.72. The smallest absolute Gasteiger partial charge is 0.261 e. The molecule has 1 atom stereocenters. The highest BCUT2D eigenvalue weighted by Gasteiger charge is 2.17. The van der Waals surface area contributed by atoms with Gasteiger partial charge in [0, 0.05) is 19.4 Å². The minimum atomic E-state index is -0.0694. The Balaban J connectivity index is 2.21. The van der Waals surface area contributed by atoms with E-state index in [4.69, 9.17) is 0 Å². The average Bonchev–Trinajstić information content (AvgIpc) is 2.89. The summed E-state index contributed by atoms with van der Waals surface area (Å²) in [6, 6.07) is 3.56. The maximum Gasteiger partial charge on any atom is 0.261 e. The van der Waals surface area contributed by atoms with E-state index in [2.05, 4.69) is 15.1 Å². The molecule has 20 heavy (non-hydrogen) atoms. The molecule has 0 saturated heterocycles. The topological polar surface area (TPSA) is 65.6 Å². The Hall–Kier alpha value is -2.50. The fourth-order valence-electron chi connectivity index (χ4n) is 2.47. The molecule has 0 amide bonds. The summed E-state index contributed by atoms with van der Waals surface area (Å²) in [4.78, 5) is 20.9. The quantitative estimate of drug-likeness (QED) is 0.723. The van der Waals surface area contributed by atoms with E-state index in [1.165, 1.54) is 0 Å². The summed E-state index contributed by atoms with van der Waals surface area (Å²) < 4.78 is 3.46. The van der Waals surface area contributed by atoms with Crippen molar-refractivity contribution in [2.45, 2.75) is 19.4 Å². The molecule has 0 radical (unpaired) electrons. The normalized spacial score (nSPS) is 12.7. The molecule has 0 aromatic carbocycles. The van der Waals surface area contributed by atoms with Crippen LogP contribution in [0.1, 0.15) is 25.1 Å². The van der Waals surface area contributed by atoms with Crippen LogP contribution in [0.4, 0.5) is 0 Å². The van der Waals surface area contributed by atoms with Gasteiger partial charge in [0.15, 0.2) is 0 Å². The van der Waals surface area contributed by atoms with Crippen LogP contribution in [0.15, 0.2) is 41.8 Å². The average molecular weight is 269 g/mol. The van der Waals surface area contributed by atoms with E-state index in [1.54, 1.807) is 40.2 Å². The lowest BCUT2D eigenvalue weighted by atomic mass is 10.1. The summed E-state index contributed by atoms with van der Waals surface area (Å²) in [5.41, 5.74) is 1.56.